The van der Waals surface area contributed by atoms with Gasteiger partial charge in [0.2, 0.25) is 5.88 Å². The smallest absolute Gasteiger partial charge is 0.271 e. The Morgan fingerprint density at radius 2 is 2.00 bits per heavy atom. The Hall–Kier alpha value is -4.35. The molecule has 0 aliphatic heterocycles. The summed E-state index contributed by atoms with van der Waals surface area (Å²) in [5.74, 6) is 0.274. The van der Waals surface area contributed by atoms with Crippen molar-refractivity contribution in [1.82, 2.24) is 34.7 Å². The first-order valence-corrected chi connectivity index (χ1v) is 9.23. The molecule has 4 aromatic heterocycles. The lowest BCUT2D eigenvalue weighted by atomic mass is 10.1. The maximum Gasteiger partial charge on any atom is 0.271 e. The molecule has 0 unspecified atom stereocenters. The van der Waals surface area contributed by atoms with Crippen molar-refractivity contribution in [2.75, 3.05) is 24.8 Å². The molecule has 158 valence electrons. The van der Waals surface area contributed by atoms with Gasteiger partial charge in [-0.05, 0) is 13.0 Å². The second-order valence-electron chi connectivity index (χ2n) is 6.68. The third-order valence-electron chi connectivity index (χ3n) is 4.52. The molecule has 0 fully saturated rings. The average molecular weight is 420 g/mol. The maximum absolute atomic E-state index is 12.2. The molecule has 0 spiro atoms. The molecule has 4 heterocycles. The Balaban J connectivity index is 1.87. The molecule has 4 rings (SSSR count). The lowest BCUT2D eigenvalue weighted by molar-refractivity contribution is 0.0996. The Morgan fingerprint density at radius 3 is 2.71 bits per heavy atom. The van der Waals surface area contributed by atoms with Crippen LogP contribution >= 0.6 is 0 Å². The summed E-state index contributed by atoms with van der Waals surface area (Å²) in [6, 6.07) is 3.46. The summed E-state index contributed by atoms with van der Waals surface area (Å²) in [4.78, 5) is 29.9. The van der Waals surface area contributed by atoms with E-state index >= 15 is 0 Å². The number of methoxy groups -OCH3 is 1. The Bertz CT molecular complexity index is 1300. The molecule has 0 aliphatic carbocycles. The molecule has 4 aromatic rings. The van der Waals surface area contributed by atoms with Crippen molar-refractivity contribution in [2.45, 2.75) is 6.92 Å². The largest absolute Gasteiger partial charge is 0.481 e. The van der Waals surface area contributed by atoms with Crippen LogP contribution in [0.3, 0.4) is 0 Å². The predicted molar refractivity (Wildman–Crippen MR) is 114 cm³/mol. The van der Waals surface area contributed by atoms with Gasteiger partial charge in [-0.15, -0.1) is 5.10 Å². The minimum Gasteiger partial charge on any atom is -0.481 e. The number of pyridine rings is 1. The number of aromatic nitrogens is 7. The summed E-state index contributed by atoms with van der Waals surface area (Å²) >= 11 is 0. The fraction of sp³-hybridized carbons (Fsp3) is 0.211. The van der Waals surface area contributed by atoms with E-state index in [0.717, 1.165) is 5.69 Å². The number of primary amides is 1. The van der Waals surface area contributed by atoms with Crippen LogP contribution in [0, 0.1) is 6.92 Å². The van der Waals surface area contributed by atoms with Crippen molar-refractivity contribution < 1.29 is 9.53 Å². The second-order valence-corrected chi connectivity index (χ2v) is 6.68. The minimum atomic E-state index is -0.740. The summed E-state index contributed by atoms with van der Waals surface area (Å²) < 4.78 is 6.94. The molecule has 1 amide bonds. The van der Waals surface area contributed by atoms with Crippen LogP contribution in [0.1, 0.15) is 16.2 Å². The Labute approximate surface area is 176 Å². The number of carbonyl (C=O) groups excluding carboxylic acids is 1. The number of hydrogen-bond acceptors (Lipinski definition) is 10. The summed E-state index contributed by atoms with van der Waals surface area (Å²) in [5.41, 5.74) is 9.02. The molecule has 0 saturated carbocycles. The zero-order valence-corrected chi connectivity index (χ0v) is 17.3. The molecule has 4 N–H and O–H groups in total. The molecule has 0 aromatic carbocycles. The van der Waals surface area contributed by atoms with Gasteiger partial charge in [-0.2, -0.15) is 5.10 Å². The molecular weight excluding hydrogens is 400 g/mol. The first-order valence-electron chi connectivity index (χ1n) is 9.23. The summed E-state index contributed by atoms with van der Waals surface area (Å²) in [6.45, 7) is 1.82. The van der Waals surface area contributed by atoms with Gasteiger partial charge in [0.25, 0.3) is 5.91 Å². The highest BCUT2D eigenvalue weighted by molar-refractivity contribution is 5.99. The molecule has 0 bridgehead atoms. The van der Waals surface area contributed by atoms with E-state index in [4.69, 9.17) is 10.5 Å². The van der Waals surface area contributed by atoms with Crippen molar-refractivity contribution >= 4 is 34.4 Å². The molecule has 0 saturated heterocycles. The monoisotopic (exact) mass is 420 g/mol. The van der Waals surface area contributed by atoms with E-state index < -0.39 is 5.91 Å². The zero-order chi connectivity index (χ0) is 22.1. The fourth-order valence-electron chi connectivity index (χ4n) is 3.12. The van der Waals surface area contributed by atoms with E-state index in [9.17, 15) is 4.79 Å². The number of carbonyl (C=O) groups is 1. The van der Waals surface area contributed by atoms with Gasteiger partial charge in [-0.1, -0.05) is 0 Å². The number of aryl methyl sites for hydroxylation is 2. The van der Waals surface area contributed by atoms with Crippen LogP contribution < -0.4 is 21.1 Å². The summed E-state index contributed by atoms with van der Waals surface area (Å²) in [5, 5.41) is 14.2. The van der Waals surface area contributed by atoms with Crippen LogP contribution in [0.5, 0.6) is 5.88 Å². The van der Waals surface area contributed by atoms with Gasteiger partial charge in [0.15, 0.2) is 23.0 Å². The third kappa shape index (κ3) is 3.66. The van der Waals surface area contributed by atoms with Gasteiger partial charge < -0.3 is 25.7 Å². The van der Waals surface area contributed by atoms with Crippen molar-refractivity contribution in [3.8, 4) is 17.1 Å². The van der Waals surface area contributed by atoms with Gasteiger partial charge >= 0.3 is 0 Å². The van der Waals surface area contributed by atoms with Crippen LogP contribution in [0.4, 0.5) is 17.3 Å². The number of nitrogens with one attached hydrogen (secondary N) is 2. The van der Waals surface area contributed by atoms with Gasteiger partial charge in [-0.25, -0.2) is 19.9 Å². The van der Waals surface area contributed by atoms with Crippen LogP contribution in [-0.2, 0) is 7.05 Å². The van der Waals surface area contributed by atoms with E-state index in [0.29, 0.717) is 39.8 Å². The average Bonchev–Trinajstić information content (AvgIpc) is 3.14. The van der Waals surface area contributed by atoms with Crippen LogP contribution in [0.2, 0.25) is 0 Å². The number of rotatable bonds is 6. The first kappa shape index (κ1) is 19.9. The maximum atomic E-state index is 12.2. The number of anilines is 3. The normalized spacial score (nSPS) is 10.8. The SMILES string of the molecule is CNc1nc(Nc2cc(C)nc(OC)c2)c(C(N)=O)nc1-c1cnnc2c1ncn2C. The molecule has 0 aliphatic rings. The van der Waals surface area contributed by atoms with Crippen molar-refractivity contribution in [3.63, 3.8) is 0 Å². The van der Waals surface area contributed by atoms with E-state index in [2.05, 4.69) is 40.8 Å². The molecule has 0 atom stereocenters. The molecule has 12 nitrogen and oxygen atoms in total. The van der Waals surface area contributed by atoms with E-state index in [1.54, 1.807) is 30.1 Å². The van der Waals surface area contributed by atoms with Gasteiger partial charge in [0.1, 0.15) is 11.2 Å². The van der Waals surface area contributed by atoms with Crippen molar-refractivity contribution in [3.05, 3.63) is 36.0 Å². The van der Waals surface area contributed by atoms with E-state index in [1.807, 2.05) is 14.0 Å². The van der Waals surface area contributed by atoms with Gasteiger partial charge in [0.05, 0.1) is 25.2 Å². The summed E-state index contributed by atoms with van der Waals surface area (Å²) in [7, 11) is 5.03. The first-order chi connectivity index (χ1) is 14.9. The molecular formula is C19H20N10O2. The Kier molecular flexibility index (Phi) is 5.03. The lowest BCUT2D eigenvalue weighted by Crippen LogP contribution is -2.18. The predicted octanol–water partition coefficient (Wildman–Crippen LogP) is 1.42. The topological polar surface area (TPSA) is 159 Å². The van der Waals surface area contributed by atoms with Crippen LogP contribution in [0.15, 0.2) is 24.7 Å². The third-order valence-corrected chi connectivity index (χ3v) is 4.52. The number of nitrogens with two attached hydrogens (primary N) is 1. The van der Waals surface area contributed by atoms with Crippen molar-refractivity contribution in [1.29, 1.82) is 0 Å². The molecule has 0 radical (unpaired) electrons. The quantitative estimate of drug-likeness (QED) is 0.416. The number of hydrogen-bond donors (Lipinski definition) is 3. The molecule has 31 heavy (non-hydrogen) atoms. The zero-order valence-electron chi connectivity index (χ0n) is 17.3. The van der Waals surface area contributed by atoms with Gasteiger partial charge in [0, 0.05) is 31.5 Å². The molecule has 12 heteroatoms. The second kappa shape index (κ2) is 7.82. The van der Waals surface area contributed by atoms with Crippen molar-refractivity contribution in [2.24, 2.45) is 12.8 Å². The Morgan fingerprint density at radius 1 is 1.19 bits per heavy atom. The highest BCUT2D eigenvalue weighted by Crippen LogP contribution is 2.32. The number of imidazole rings is 1. The highest BCUT2D eigenvalue weighted by atomic mass is 16.5. The fourth-order valence-corrected chi connectivity index (χ4v) is 3.12. The highest BCUT2D eigenvalue weighted by Gasteiger charge is 2.21. The number of amides is 1. The van der Waals surface area contributed by atoms with E-state index in [-0.39, 0.29) is 11.5 Å². The lowest BCUT2D eigenvalue weighted by Gasteiger charge is -2.15. The van der Waals surface area contributed by atoms with Crippen LogP contribution in [0.25, 0.3) is 22.4 Å². The minimum absolute atomic E-state index is 0.0386. The summed E-state index contributed by atoms with van der Waals surface area (Å²) in [6.07, 6.45) is 3.15. The van der Waals surface area contributed by atoms with Gasteiger partial charge in [-0.3, -0.25) is 4.79 Å². The number of ether oxygens (including phenoxy) is 1. The van der Waals surface area contributed by atoms with Crippen LogP contribution in [-0.4, -0.2) is 54.8 Å². The number of fused-ring (bicyclic) bond motifs is 1. The number of nitrogens with zero attached hydrogens (tertiary/aromatic N) is 7. The van der Waals surface area contributed by atoms with E-state index in [1.165, 1.54) is 13.3 Å². The standard InChI is InChI=1S/C19H20N10O2/c1-9-5-10(6-12(24-9)31-4)25-18-15(16(20)30)26-13(17(21-2)27-18)11-7-23-28-19-14(11)22-8-29(19)3/h5-8H,1-4H3,(H2,20,30)(H2,21,24,25,27).